The van der Waals surface area contributed by atoms with Crippen LogP contribution in [0.4, 0.5) is 22.4 Å². The van der Waals surface area contributed by atoms with E-state index in [1.165, 1.54) is 4.90 Å². The first-order chi connectivity index (χ1) is 16.2. The van der Waals surface area contributed by atoms with Crippen molar-refractivity contribution in [2.24, 2.45) is 10.1 Å². The van der Waals surface area contributed by atoms with E-state index in [1.807, 2.05) is 0 Å². The van der Waals surface area contributed by atoms with Gasteiger partial charge in [-0.25, -0.2) is 19.2 Å². The summed E-state index contributed by atoms with van der Waals surface area (Å²) in [5, 5.41) is 18.3. The number of urea groups is 1. The number of aliphatic hydroxyl groups excluding tert-OH is 1. The number of carbonyl (C=O) groups is 1. The van der Waals surface area contributed by atoms with Gasteiger partial charge < -0.3 is 20.2 Å². The number of aliphatic hydroxyl groups is 1. The Kier molecular flexibility index (Phi) is 5.70. The Morgan fingerprint density at radius 2 is 2.03 bits per heavy atom. The van der Waals surface area contributed by atoms with Gasteiger partial charge in [0.05, 0.1) is 23.9 Å². The number of rotatable bonds is 2. The Hall–Kier alpha value is -3.15. The second-order valence-corrected chi connectivity index (χ2v) is 8.81. The summed E-state index contributed by atoms with van der Waals surface area (Å²) in [6, 6.07) is 0.999. The number of amidine groups is 1. The van der Waals surface area contributed by atoms with Gasteiger partial charge in [0, 0.05) is 25.8 Å². The van der Waals surface area contributed by atoms with Gasteiger partial charge in [-0.3, -0.25) is 0 Å². The van der Waals surface area contributed by atoms with Crippen LogP contribution in [0, 0.1) is 5.82 Å². The standard InChI is InChI=1S/C22H24F4N6O2/c23-13-3-4-16(22(24,25)26)15(10-13)18-2-1-7-31(18)19-6-9-32-20(29-19)17(11-27-32)28-21(34)30-8-5-14(33)12-30/h3-4,6,9-11,14,17-18,20,33H,1-2,5,7-8,12H2,(H,28,34)/t14-,17?,18+,20?/m0/s1. The third-order valence-corrected chi connectivity index (χ3v) is 6.56. The van der Waals surface area contributed by atoms with Gasteiger partial charge in [0.15, 0.2) is 6.17 Å². The number of aliphatic imine (C=N–C) groups is 1. The van der Waals surface area contributed by atoms with E-state index < -0.39 is 41.9 Å². The number of nitrogens with zero attached hydrogens (tertiary/aromatic N) is 5. The lowest BCUT2D eigenvalue weighted by molar-refractivity contribution is -0.138. The van der Waals surface area contributed by atoms with E-state index in [1.54, 1.807) is 28.4 Å². The SMILES string of the molecule is O=C(NC1C=NN2C=CC(N3CCC[C@@H]3c3cc(F)ccc3C(F)(F)F)=NC12)N1CC[C@H](O)C1. The highest BCUT2D eigenvalue weighted by Gasteiger charge is 2.41. The summed E-state index contributed by atoms with van der Waals surface area (Å²) in [6.07, 6.45) is 0.738. The molecule has 0 saturated carbocycles. The van der Waals surface area contributed by atoms with Crippen LogP contribution < -0.4 is 5.32 Å². The van der Waals surface area contributed by atoms with Crippen molar-refractivity contribution in [1.82, 2.24) is 20.1 Å². The number of hydrazone groups is 1. The molecule has 12 heteroatoms. The predicted octanol–water partition coefficient (Wildman–Crippen LogP) is 2.68. The van der Waals surface area contributed by atoms with Crippen LogP contribution >= 0.6 is 0 Å². The predicted molar refractivity (Wildman–Crippen MR) is 115 cm³/mol. The molecule has 0 spiro atoms. The molecule has 0 aromatic heterocycles. The Bertz CT molecular complexity index is 1060. The Labute approximate surface area is 193 Å². The van der Waals surface area contributed by atoms with E-state index >= 15 is 0 Å². The van der Waals surface area contributed by atoms with Gasteiger partial charge >= 0.3 is 12.2 Å². The van der Waals surface area contributed by atoms with E-state index in [0.29, 0.717) is 38.2 Å². The van der Waals surface area contributed by atoms with Crippen LogP contribution in [-0.2, 0) is 6.18 Å². The molecule has 8 nitrogen and oxygen atoms in total. The summed E-state index contributed by atoms with van der Waals surface area (Å²) in [7, 11) is 0. The number of amides is 2. The quantitative estimate of drug-likeness (QED) is 0.638. The van der Waals surface area contributed by atoms with Gasteiger partial charge in [-0.1, -0.05) is 0 Å². The molecular weight excluding hydrogens is 456 g/mol. The Morgan fingerprint density at radius 1 is 1.21 bits per heavy atom. The van der Waals surface area contributed by atoms with Crippen molar-refractivity contribution < 1.29 is 27.5 Å². The van der Waals surface area contributed by atoms with Crippen LogP contribution in [0.25, 0.3) is 0 Å². The maximum absolute atomic E-state index is 13.9. The number of hydrogen-bond acceptors (Lipinski definition) is 6. The number of likely N-dealkylation sites (tertiary alicyclic amines) is 2. The monoisotopic (exact) mass is 480 g/mol. The fraction of sp³-hybridized carbons (Fsp3) is 0.500. The number of fused-ring (bicyclic) bond motifs is 1. The number of carbonyl (C=O) groups excluding carboxylic acids is 1. The van der Waals surface area contributed by atoms with Crippen molar-refractivity contribution in [3.8, 4) is 0 Å². The summed E-state index contributed by atoms with van der Waals surface area (Å²) in [6.45, 7) is 1.17. The van der Waals surface area contributed by atoms with Crippen LogP contribution in [0.2, 0.25) is 0 Å². The first kappa shape index (κ1) is 22.6. The maximum Gasteiger partial charge on any atom is 0.416 e. The van der Waals surface area contributed by atoms with E-state index in [-0.39, 0.29) is 18.1 Å². The molecule has 1 aromatic carbocycles. The zero-order valence-electron chi connectivity index (χ0n) is 18.1. The Morgan fingerprint density at radius 3 is 2.76 bits per heavy atom. The summed E-state index contributed by atoms with van der Waals surface area (Å²) >= 11 is 0. The molecule has 1 aromatic rings. The number of halogens is 4. The molecule has 0 radical (unpaired) electrons. The van der Waals surface area contributed by atoms with Crippen molar-refractivity contribution >= 4 is 18.1 Å². The molecule has 0 bridgehead atoms. The first-order valence-electron chi connectivity index (χ1n) is 11.2. The van der Waals surface area contributed by atoms with Crippen molar-refractivity contribution in [2.75, 3.05) is 19.6 Å². The molecule has 4 aliphatic heterocycles. The molecule has 4 heterocycles. The van der Waals surface area contributed by atoms with Gasteiger partial charge in [0.1, 0.15) is 17.7 Å². The topological polar surface area (TPSA) is 83.8 Å². The largest absolute Gasteiger partial charge is 0.416 e. The van der Waals surface area contributed by atoms with Crippen molar-refractivity contribution in [1.29, 1.82) is 0 Å². The number of nitrogens with one attached hydrogen (secondary N) is 1. The molecule has 182 valence electrons. The van der Waals surface area contributed by atoms with Crippen LogP contribution in [-0.4, -0.2) is 75.9 Å². The van der Waals surface area contributed by atoms with Crippen LogP contribution in [0.3, 0.4) is 0 Å². The van der Waals surface area contributed by atoms with Gasteiger partial charge in [-0.15, -0.1) is 0 Å². The zero-order valence-corrected chi connectivity index (χ0v) is 18.1. The fourth-order valence-electron chi connectivity index (χ4n) is 4.92. The number of alkyl halides is 3. The summed E-state index contributed by atoms with van der Waals surface area (Å²) in [5.41, 5.74) is -0.960. The molecule has 2 unspecified atom stereocenters. The van der Waals surface area contributed by atoms with Crippen LogP contribution in [0.5, 0.6) is 0 Å². The van der Waals surface area contributed by atoms with Crippen LogP contribution in [0.15, 0.2) is 40.6 Å². The second-order valence-electron chi connectivity index (χ2n) is 8.81. The van der Waals surface area contributed by atoms with Crippen molar-refractivity contribution in [2.45, 2.75) is 49.8 Å². The Balaban J connectivity index is 1.37. The minimum absolute atomic E-state index is 0.108. The highest BCUT2D eigenvalue weighted by atomic mass is 19.4. The van der Waals surface area contributed by atoms with Gasteiger partial charge in [0.25, 0.3) is 0 Å². The first-order valence-corrected chi connectivity index (χ1v) is 11.2. The lowest BCUT2D eigenvalue weighted by atomic mass is 9.97. The van der Waals surface area contributed by atoms with Gasteiger partial charge in [-0.2, -0.15) is 18.3 Å². The maximum atomic E-state index is 13.9. The molecule has 2 N–H and O–H groups in total. The average Bonchev–Trinajstić information content (AvgIpc) is 3.52. The molecule has 0 aliphatic carbocycles. The fourth-order valence-corrected chi connectivity index (χ4v) is 4.92. The molecule has 34 heavy (non-hydrogen) atoms. The molecular formula is C22H24F4N6O2. The summed E-state index contributed by atoms with van der Waals surface area (Å²) < 4.78 is 54.9. The van der Waals surface area contributed by atoms with Gasteiger partial charge in [0.2, 0.25) is 0 Å². The number of β-amino-alcohol motifs (C(OH)–C–C–N with tert-alkyl or cyclic N) is 1. The highest BCUT2D eigenvalue weighted by molar-refractivity contribution is 5.95. The second kappa shape index (κ2) is 8.57. The van der Waals surface area contributed by atoms with E-state index in [9.17, 15) is 27.5 Å². The third kappa shape index (κ3) is 4.22. The molecule has 4 atom stereocenters. The van der Waals surface area contributed by atoms with Crippen molar-refractivity contribution in [3.05, 3.63) is 47.4 Å². The summed E-state index contributed by atoms with van der Waals surface area (Å²) in [5.74, 6) is -0.261. The van der Waals surface area contributed by atoms with Crippen molar-refractivity contribution in [3.63, 3.8) is 0 Å². The van der Waals surface area contributed by atoms with Crippen LogP contribution in [0.1, 0.15) is 36.4 Å². The molecule has 2 saturated heterocycles. The van der Waals surface area contributed by atoms with E-state index in [2.05, 4.69) is 10.4 Å². The minimum Gasteiger partial charge on any atom is -0.391 e. The zero-order chi connectivity index (χ0) is 24.0. The highest BCUT2D eigenvalue weighted by Crippen LogP contribution is 2.41. The molecule has 2 fully saturated rings. The summed E-state index contributed by atoms with van der Waals surface area (Å²) in [4.78, 5) is 20.5. The molecule has 2 amide bonds. The normalized spacial score (nSPS) is 28.5. The number of benzene rings is 1. The number of hydrogen-bond donors (Lipinski definition) is 2. The lowest BCUT2D eigenvalue weighted by Gasteiger charge is -2.33. The third-order valence-electron chi connectivity index (χ3n) is 6.56. The minimum atomic E-state index is -4.60. The smallest absolute Gasteiger partial charge is 0.391 e. The van der Waals surface area contributed by atoms with E-state index in [4.69, 9.17) is 4.99 Å². The molecule has 4 aliphatic rings. The van der Waals surface area contributed by atoms with E-state index in [0.717, 1.165) is 18.2 Å². The lowest BCUT2D eigenvalue weighted by Crippen LogP contribution is -2.51. The molecule has 5 rings (SSSR count). The average molecular weight is 480 g/mol. The van der Waals surface area contributed by atoms with Gasteiger partial charge in [-0.05, 0) is 49.1 Å².